The second-order valence-corrected chi connectivity index (χ2v) is 4.67. The summed E-state index contributed by atoms with van der Waals surface area (Å²) in [6.45, 7) is 0.380. The van der Waals surface area contributed by atoms with Crippen LogP contribution in [-0.2, 0) is 11.2 Å². The van der Waals surface area contributed by atoms with E-state index in [4.69, 9.17) is 22.4 Å². The monoisotopic (exact) mass is 273 g/mol. The van der Waals surface area contributed by atoms with Crippen molar-refractivity contribution in [3.8, 4) is 11.3 Å². The normalized spacial score (nSPS) is 10.4. The summed E-state index contributed by atoms with van der Waals surface area (Å²) in [6, 6.07) is 11.6. The van der Waals surface area contributed by atoms with Crippen LogP contribution in [0.25, 0.3) is 11.3 Å². The molecule has 2 N–H and O–H groups in total. The molecule has 2 rings (SSSR count). The van der Waals surface area contributed by atoms with Gasteiger partial charge in [-0.15, -0.1) is 0 Å². The second kappa shape index (κ2) is 6.41. The fourth-order valence-electron chi connectivity index (χ4n) is 1.81. The van der Waals surface area contributed by atoms with Crippen molar-refractivity contribution in [1.29, 1.82) is 0 Å². The minimum absolute atomic E-state index is 0.380. The zero-order valence-electron chi connectivity index (χ0n) is 10.5. The third kappa shape index (κ3) is 3.36. The molecule has 0 atom stereocenters. The first kappa shape index (κ1) is 13.6. The maximum Gasteiger partial charge on any atom is 0.134 e. The van der Waals surface area contributed by atoms with E-state index in [0.29, 0.717) is 19.4 Å². The summed E-state index contributed by atoms with van der Waals surface area (Å²) in [7, 11) is 0. The van der Waals surface area contributed by atoms with E-state index < -0.39 is 0 Å². The zero-order chi connectivity index (χ0) is 13.7. The SMILES string of the molecule is NCC(=S)c1ccc(-c2ccc(CCC=O)o2)cc1. The molecule has 0 saturated heterocycles. The van der Waals surface area contributed by atoms with Crippen LogP contribution in [-0.4, -0.2) is 17.7 Å². The number of hydrogen-bond acceptors (Lipinski definition) is 4. The standard InChI is InChI=1S/C15H15NO2S/c16-10-15(19)12-5-3-11(4-6-12)14-8-7-13(18-14)2-1-9-17/h3-9H,1-2,10,16H2. The van der Waals surface area contributed by atoms with Crippen LogP contribution in [0, 0.1) is 0 Å². The Labute approximate surface area is 117 Å². The summed E-state index contributed by atoms with van der Waals surface area (Å²) in [5, 5.41) is 0. The van der Waals surface area contributed by atoms with E-state index in [1.54, 1.807) is 0 Å². The molecule has 0 aliphatic rings. The van der Waals surface area contributed by atoms with Crippen LogP contribution in [0.1, 0.15) is 17.7 Å². The number of aldehydes is 1. The van der Waals surface area contributed by atoms with Gasteiger partial charge in [-0.25, -0.2) is 0 Å². The quantitative estimate of drug-likeness (QED) is 0.499. The van der Waals surface area contributed by atoms with E-state index >= 15 is 0 Å². The van der Waals surface area contributed by atoms with Crippen LogP contribution in [0.5, 0.6) is 0 Å². The largest absolute Gasteiger partial charge is 0.461 e. The van der Waals surface area contributed by atoms with Gasteiger partial charge in [0, 0.05) is 29.8 Å². The van der Waals surface area contributed by atoms with Gasteiger partial charge >= 0.3 is 0 Å². The van der Waals surface area contributed by atoms with Gasteiger partial charge in [-0.05, 0) is 17.7 Å². The Hall–Kier alpha value is -1.78. The van der Waals surface area contributed by atoms with E-state index in [0.717, 1.165) is 33.8 Å². The van der Waals surface area contributed by atoms with Crippen LogP contribution in [0.3, 0.4) is 0 Å². The predicted molar refractivity (Wildman–Crippen MR) is 79.3 cm³/mol. The topological polar surface area (TPSA) is 56.2 Å². The molecule has 2 aromatic rings. The first-order chi connectivity index (χ1) is 9.24. The fourth-order valence-corrected chi connectivity index (χ4v) is 1.94. The molecule has 4 heteroatoms. The molecule has 1 heterocycles. The van der Waals surface area contributed by atoms with Crippen LogP contribution in [0.2, 0.25) is 0 Å². The van der Waals surface area contributed by atoms with Crippen molar-refractivity contribution in [2.24, 2.45) is 5.73 Å². The summed E-state index contributed by atoms with van der Waals surface area (Å²) in [5.41, 5.74) is 7.47. The van der Waals surface area contributed by atoms with Crippen molar-refractivity contribution in [1.82, 2.24) is 0 Å². The number of carbonyl (C=O) groups is 1. The van der Waals surface area contributed by atoms with Gasteiger partial charge in [0.15, 0.2) is 0 Å². The molecule has 0 amide bonds. The van der Waals surface area contributed by atoms with Crippen LogP contribution >= 0.6 is 12.2 Å². The number of carbonyl (C=O) groups excluding carboxylic acids is 1. The first-order valence-corrected chi connectivity index (χ1v) is 6.51. The molecule has 98 valence electrons. The average molecular weight is 273 g/mol. The van der Waals surface area contributed by atoms with Gasteiger partial charge in [0.05, 0.1) is 0 Å². The highest BCUT2D eigenvalue weighted by Crippen LogP contribution is 2.23. The molecule has 1 aromatic heterocycles. The first-order valence-electron chi connectivity index (χ1n) is 6.10. The molecule has 0 fully saturated rings. The Morgan fingerprint density at radius 3 is 2.58 bits per heavy atom. The van der Waals surface area contributed by atoms with E-state index in [9.17, 15) is 4.79 Å². The molecule has 3 nitrogen and oxygen atoms in total. The van der Waals surface area contributed by atoms with Crippen molar-refractivity contribution in [2.75, 3.05) is 6.54 Å². The summed E-state index contributed by atoms with van der Waals surface area (Å²) < 4.78 is 5.68. The Bertz CT molecular complexity index is 572. The van der Waals surface area contributed by atoms with Crippen molar-refractivity contribution < 1.29 is 9.21 Å². The number of thiocarbonyl (C=S) groups is 1. The maximum atomic E-state index is 10.3. The fraction of sp³-hybridized carbons (Fsp3) is 0.200. The molecule has 19 heavy (non-hydrogen) atoms. The maximum absolute atomic E-state index is 10.3. The molecule has 0 unspecified atom stereocenters. The summed E-state index contributed by atoms with van der Waals surface area (Å²) >= 11 is 5.15. The molecule has 0 saturated carbocycles. The Morgan fingerprint density at radius 1 is 1.21 bits per heavy atom. The van der Waals surface area contributed by atoms with E-state index in [1.165, 1.54) is 0 Å². The van der Waals surface area contributed by atoms with Gasteiger partial charge in [-0.3, -0.25) is 0 Å². The van der Waals surface area contributed by atoms with Crippen LogP contribution in [0.15, 0.2) is 40.8 Å². The molecule has 0 aliphatic heterocycles. The zero-order valence-corrected chi connectivity index (χ0v) is 11.3. The third-order valence-electron chi connectivity index (χ3n) is 2.85. The summed E-state index contributed by atoms with van der Waals surface area (Å²) in [5.74, 6) is 1.62. The van der Waals surface area contributed by atoms with Crippen molar-refractivity contribution in [3.05, 3.63) is 47.7 Å². The van der Waals surface area contributed by atoms with Gasteiger partial charge < -0.3 is 14.9 Å². The van der Waals surface area contributed by atoms with Crippen molar-refractivity contribution in [3.63, 3.8) is 0 Å². The van der Waals surface area contributed by atoms with E-state index in [-0.39, 0.29) is 0 Å². The molecule has 1 aromatic carbocycles. The highest BCUT2D eigenvalue weighted by molar-refractivity contribution is 7.80. The number of benzene rings is 1. The Kier molecular flexibility index (Phi) is 4.60. The second-order valence-electron chi connectivity index (χ2n) is 4.18. The van der Waals surface area contributed by atoms with Crippen molar-refractivity contribution >= 4 is 23.4 Å². The minimum atomic E-state index is 0.380. The van der Waals surface area contributed by atoms with Gasteiger partial charge in [0.2, 0.25) is 0 Å². The van der Waals surface area contributed by atoms with E-state index in [2.05, 4.69) is 0 Å². The number of furan rings is 1. The van der Waals surface area contributed by atoms with E-state index in [1.807, 2.05) is 36.4 Å². The molecular formula is C15H15NO2S. The highest BCUT2D eigenvalue weighted by atomic mass is 32.1. The molecule has 0 radical (unpaired) electrons. The lowest BCUT2D eigenvalue weighted by atomic mass is 10.1. The molecular weight excluding hydrogens is 258 g/mol. The van der Waals surface area contributed by atoms with Gasteiger partial charge in [-0.2, -0.15) is 0 Å². The number of rotatable bonds is 6. The highest BCUT2D eigenvalue weighted by Gasteiger charge is 2.05. The lowest BCUT2D eigenvalue weighted by Gasteiger charge is -2.02. The van der Waals surface area contributed by atoms with Crippen molar-refractivity contribution in [2.45, 2.75) is 12.8 Å². The smallest absolute Gasteiger partial charge is 0.134 e. The molecule has 0 aliphatic carbocycles. The Balaban J connectivity index is 2.15. The molecule has 0 spiro atoms. The predicted octanol–water partition coefficient (Wildman–Crippen LogP) is 2.75. The average Bonchev–Trinajstić information content (AvgIpc) is 2.93. The van der Waals surface area contributed by atoms with Gasteiger partial charge in [-0.1, -0.05) is 36.5 Å². The molecule has 0 bridgehead atoms. The Morgan fingerprint density at radius 2 is 1.95 bits per heavy atom. The summed E-state index contributed by atoms with van der Waals surface area (Å²) in [6.07, 6.45) is 2.01. The minimum Gasteiger partial charge on any atom is -0.461 e. The van der Waals surface area contributed by atoms with Gasteiger partial charge in [0.25, 0.3) is 0 Å². The lowest BCUT2D eigenvalue weighted by Crippen LogP contribution is -2.11. The lowest BCUT2D eigenvalue weighted by molar-refractivity contribution is -0.107. The third-order valence-corrected chi connectivity index (χ3v) is 3.25. The van der Waals surface area contributed by atoms with Gasteiger partial charge in [0.1, 0.15) is 17.8 Å². The number of nitrogens with two attached hydrogens (primary N) is 1. The summed E-state index contributed by atoms with van der Waals surface area (Å²) in [4.78, 5) is 11.1. The van der Waals surface area contributed by atoms with Crippen LogP contribution in [0.4, 0.5) is 0 Å². The number of aryl methyl sites for hydroxylation is 1. The number of hydrogen-bond donors (Lipinski definition) is 1. The van der Waals surface area contributed by atoms with Crippen LogP contribution < -0.4 is 5.73 Å².